The Balaban J connectivity index is 1.44. The maximum atomic E-state index is 14.3. The second-order valence-electron chi connectivity index (χ2n) is 9.64. The van der Waals surface area contributed by atoms with Crippen molar-refractivity contribution in [3.05, 3.63) is 89.5 Å². The smallest absolute Gasteiger partial charge is 0.243 e. The van der Waals surface area contributed by atoms with Crippen LogP contribution in [0.1, 0.15) is 29.9 Å². The van der Waals surface area contributed by atoms with Crippen molar-refractivity contribution in [2.75, 3.05) is 26.2 Å². The van der Waals surface area contributed by atoms with E-state index in [-0.39, 0.29) is 30.2 Å². The van der Waals surface area contributed by atoms with Gasteiger partial charge in [0.2, 0.25) is 10.0 Å². The van der Waals surface area contributed by atoms with Gasteiger partial charge in [0.15, 0.2) is 11.6 Å². The van der Waals surface area contributed by atoms with Crippen LogP contribution in [-0.4, -0.2) is 61.1 Å². The molecule has 0 aliphatic carbocycles. The maximum absolute atomic E-state index is 14.3. The van der Waals surface area contributed by atoms with Crippen LogP contribution < -0.4 is 0 Å². The maximum Gasteiger partial charge on any atom is 0.243 e. The molecule has 3 aromatic rings. The summed E-state index contributed by atoms with van der Waals surface area (Å²) in [5.74, 6) is -1.85. The molecule has 0 saturated carbocycles. The molecule has 0 radical (unpaired) electrons. The second-order valence-corrected chi connectivity index (χ2v) is 11.5. The van der Waals surface area contributed by atoms with Crippen molar-refractivity contribution in [1.29, 1.82) is 0 Å². The van der Waals surface area contributed by atoms with Crippen LogP contribution in [0.4, 0.5) is 8.78 Å². The van der Waals surface area contributed by atoms with E-state index in [1.807, 2.05) is 18.2 Å². The number of aryl methyl sites for hydroxylation is 1. The topological polar surface area (TPSA) is 60.9 Å². The summed E-state index contributed by atoms with van der Waals surface area (Å²) in [6.07, 6.45) is 1.60. The fourth-order valence-corrected chi connectivity index (χ4v) is 7.45. The van der Waals surface area contributed by atoms with Gasteiger partial charge in [-0.2, -0.15) is 4.31 Å². The highest BCUT2D eigenvalue weighted by Gasteiger charge is 2.50. The van der Waals surface area contributed by atoms with Gasteiger partial charge in [-0.05, 0) is 55.1 Å². The first-order valence-electron chi connectivity index (χ1n) is 12.3. The summed E-state index contributed by atoms with van der Waals surface area (Å²) in [4.78, 5) is 2.54. The van der Waals surface area contributed by atoms with Gasteiger partial charge in [-0.3, -0.25) is 4.90 Å². The van der Waals surface area contributed by atoms with Crippen molar-refractivity contribution >= 4 is 10.0 Å². The number of benzene rings is 3. The van der Waals surface area contributed by atoms with E-state index in [0.29, 0.717) is 23.5 Å². The lowest BCUT2D eigenvalue weighted by molar-refractivity contribution is -0.0553. The molecule has 1 unspecified atom stereocenters. The Morgan fingerprint density at radius 1 is 0.944 bits per heavy atom. The molecule has 190 valence electrons. The number of aliphatic hydroxyl groups excluding tert-OH is 1. The zero-order chi connectivity index (χ0) is 25.4. The molecule has 0 amide bonds. The van der Waals surface area contributed by atoms with Crippen molar-refractivity contribution in [2.24, 2.45) is 0 Å². The molecule has 5 nitrogen and oxygen atoms in total. The lowest BCUT2D eigenvalue weighted by Gasteiger charge is -2.57. The molecule has 3 aromatic carbocycles. The first-order valence-corrected chi connectivity index (χ1v) is 13.7. The number of hydrogen-bond acceptors (Lipinski definition) is 4. The Hall–Kier alpha value is -2.65. The van der Waals surface area contributed by atoms with Crippen molar-refractivity contribution in [2.45, 2.75) is 42.7 Å². The predicted molar refractivity (Wildman–Crippen MR) is 135 cm³/mol. The molecule has 2 saturated heterocycles. The fourth-order valence-electron chi connectivity index (χ4n) is 5.72. The molecule has 2 fully saturated rings. The Morgan fingerprint density at radius 3 is 2.39 bits per heavy atom. The van der Waals surface area contributed by atoms with Crippen molar-refractivity contribution < 1.29 is 22.3 Å². The second kappa shape index (κ2) is 10.0. The molecule has 5 rings (SSSR count). The summed E-state index contributed by atoms with van der Waals surface area (Å²) in [5.41, 5.74) is 2.42. The van der Waals surface area contributed by atoms with Crippen LogP contribution >= 0.6 is 0 Å². The molecule has 8 heteroatoms. The quantitative estimate of drug-likeness (QED) is 0.545. The average Bonchev–Trinajstić information content (AvgIpc) is 2.85. The van der Waals surface area contributed by atoms with Crippen LogP contribution in [0.2, 0.25) is 0 Å². The number of hydrogen-bond donors (Lipinski definition) is 1. The van der Waals surface area contributed by atoms with Crippen LogP contribution in [-0.2, 0) is 10.0 Å². The Labute approximate surface area is 211 Å². The molecule has 0 spiro atoms. The van der Waals surface area contributed by atoms with Gasteiger partial charge in [-0.1, -0.05) is 54.6 Å². The predicted octanol–water partition coefficient (Wildman–Crippen LogP) is 4.55. The highest BCUT2D eigenvalue weighted by atomic mass is 32.2. The van der Waals surface area contributed by atoms with Gasteiger partial charge in [0.25, 0.3) is 0 Å². The normalized spacial score (nSPS) is 23.4. The van der Waals surface area contributed by atoms with E-state index in [1.54, 1.807) is 41.6 Å². The third-order valence-electron chi connectivity index (χ3n) is 7.60. The zero-order valence-corrected chi connectivity index (χ0v) is 21.0. The van der Waals surface area contributed by atoms with Gasteiger partial charge >= 0.3 is 0 Å². The monoisotopic (exact) mass is 512 g/mol. The summed E-state index contributed by atoms with van der Waals surface area (Å²) in [6, 6.07) is 18.2. The van der Waals surface area contributed by atoms with Crippen LogP contribution in [0.25, 0.3) is 11.1 Å². The standard InChI is InChI=1S/C28H30F2N2O3S/c1-19-7-2-3-10-26(19)36(34,35)31-15-4-5-16-32-24(17-31)27(25(32)18-33)21-13-11-20(12-14-21)22-8-6-9-23(29)28(22)30/h2-3,6-14,24-25,27,33H,4-5,15-18H2,1H3/t24-,25+,27?/m0/s1. The lowest BCUT2D eigenvalue weighted by Crippen LogP contribution is -2.67. The third-order valence-corrected chi connectivity index (χ3v) is 9.63. The first-order chi connectivity index (χ1) is 17.3. The van der Waals surface area contributed by atoms with Gasteiger partial charge in [-0.25, -0.2) is 17.2 Å². The van der Waals surface area contributed by atoms with Gasteiger partial charge in [-0.15, -0.1) is 0 Å². The molecule has 3 atom stereocenters. The average molecular weight is 513 g/mol. The number of rotatable bonds is 5. The molecule has 2 aliphatic heterocycles. The summed E-state index contributed by atoms with van der Waals surface area (Å²) in [7, 11) is -3.67. The van der Waals surface area contributed by atoms with Crippen LogP contribution in [0.3, 0.4) is 0 Å². The van der Waals surface area contributed by atoms with E-state index in [4.69, 9.17) is 0 Å². The minimum Gasteiger partial charge on any atom is -0.395 e. The third kappa shape index (κ3) is 4.36. The molecule has 2 heterocycles. The van der Waals surface area contributed by atoms with E-state index < -0.39 is 21.7 Å². The summed E-state index contributed by atoms with van der Waals surface area (Å²) in [6.45, 7) is 3.36. The largest absolute Gasteiger partial charge is 0.395 e. The Bertz CT molecular complexity index is 1350. The fraction of sp³-hybridized carbons (Fsp3) is 0.357. The zero-order valence-electron chi connectivity index (χ0n) is 20.1. The Kier molecular flexibility index (Phi) is 6.96. The molecule has 0 aromatic heterocycles. The van der Waals surface area contributed by atoms with Gasteiger partial charge < -0.3 is 5.11 Å². The van der Waals surface area contributed by atoms with Crippen LogP contribution in [0.15, 0.2) is 71.6 Å². The molecular formula is C28H30F2N2O3S. The van der Waals surface area contributed by atoms with E-state index in [2.05, 4.69) is 4.90 Å². The first kappa shape index (κ1) is 25.0. The van der Waals surface area contributed by atoms with Crippen LogP contribution in [0.5, 0.6) is 0 Å². The van der Waals surface area contributed by atoms with Crippen molar-refractivity contribution in [1.82, 2.24) is 9.21 Å². The molecular weight excluding hydrogens is 482 g/mol. The number of aliphatic hydroxyl groups is 1. The number of fused-ring (bicyclic) bond motifs is 1. The number of nitrogens with zero attached hydrogens (tertiary/aromatic N) is 2. The van der Waals surface area contributed by atoms with E-state index in [0.717, 1.165) is 36.6 Å². The van der Waals surface area contributed by atoms with E-state index in [1.165, 1.54) is 12.1 Å². The molecule has 2 aliphatic rings. The minimum atomic E-state index is -3.67. The highest BCUT2D eigenvalue weighted by Crippen LogP contribution is 2.43. The van der Waals surface area contributed by atoms with Crippen molar-refractivity contribution in [3.63, 3.8) is 0 Å². The van der Waals surface area contributed by atoms with Gasteiger partial charge in [0.05, 0.1) is 11.5 Å². The van der Waals surface area contributed by atoms with E-state index in [9.17, 15) is 22.3 Å². The number of halogens is 2. The SMILES string of the molecule is Cc1ccccc1S(=O)(=O)N1CCCCN2[C@H](CO)C(c3ccc(-c4cccc(F)c4F)cc3)[C@@H]2C1. The minimum absolute atomic E-state index is 0.0357. The summed E-state index contributed by atoms with van der Waals surface area (Å²) >= 11 is 0. The number of sulfonamides is 1. The van der Waals surface area contributed by atoms with E-state index >= 15 is 0 Å². The van der Waals surface area contributed by atoms with Crippen LogP contribution in [0, 0.1) is 18.6 Å². The summed E-state index contributed by atoms with van der Waals surface area (Å²) < 4.78 is 56.8. The molecule has 0 bridgehead atoms. The van der Waals surface area contributed by atoms with Gasteiger partial charge in [0, 0.05) is 36.7 Å². The molecule has 36 heavy (non-hydrogen) atoms. The Morgan fingerprint density at radius 2 is 1.67 bits per heavy atom. The highest BCUT2D eigenvalue weighted by molar-refractivity contribution is 7.89. The lowest BCUT2D eigenvalue weighted by atomic mass is 9.74. The molecule has 1 N–H and O–H groups in total. The van der Waals surface area contributed by atoms with Gasteiger partial charge in [0.1, 0.15) is 0 Å². The summed E-state index contributed by atoms with van der Waals surface area (Å²) in [5, 5.41) is 10.2. The van der Waals surface area contributed by atoms with Crippen molar-refractivity contribution in [3.8, 4) is 11.1 Å².